The molecule has 20 heavy (non-hydrogen) atoms. The highest BCUT2D eigenvalue weighted by Crippen LogP contribution is 2.16. The van der Waals surface area contributed by atoms with Gasteiger partial charge in [0.2, 0.25) is 11.8 Å². The molecule has 1 aliphatic rings. The molecule has 0 spiro atoms. The maximum atomic E-state index is 11.8. The SMILES string of the molecule is CCCNC(=O)CCNCC(=O)NC1CCCCCC1. The Kier molecular flexibility index (Phi) is 9.04. The molecule has 5 heteroatoms. The maximum absolute atomic E-state index is 11.8. The van der Waals surface area contributed by atoms with E-state index in [2.05, 4.69) is 16.0 Å². The van der Waals surface area contributed by atoms with Crippen LogP contribution in [0.5, 0.6) is 0 Å². The highest BCUT2D eigenvalue weighted by molar-refractivity contribution is 5.78. The van der Waals surface area contributed by atoms with E-state index in [1.165, 1.54) is 25.7 Å². The van der Waals surface area contributed by atoms with Gasteiger partial charge in [-0.15, -0.1) is 0 Å². The second-order valence-electron chi connectivity index (χ2n) is 5.53. The zero-order chi connectivity index (χ0) is 14.6. The summed E-state index contributed by atoms with van der Waals surface area (Å²) >= 11 is 0. The fourth-order valence-electron chi connectivity index (χ4n) is 2.46. The second kappa shape index (κ2) is 10.7. The molecule has 0 atom stereocenters. The summed E-state index contributed by atoms with van der Waals surface area (Å²) in [5.74, 6) is 0.0920. The van der Waals surface area contributed by atoms with E-state index in [4.69, 9.17) is 0 Å². The Morgan fingerprint density at radius 2 is 1.70 bits per heavy atom. The third-order valence-corrected chi connectivity index (χ3v) is 3.61. The van der Waals surface area contributed by atoms with Crippen molar-refractivity contribution in [1.82, 2.24) is 16.0 Å². The van der Waals surface area contributed by atoms with Crippen LogP contribution < -0.4 is 16.0 Å². The van der Waals surface area contributed by atoms with Crippen LogP contribution >= 0.6 is 0 Å². The van der Waals surface area contributed by atoms with Gasteiger partial charge in [-0.05, 0) is 19.3 Å². The van der Waals surface area contributed by atoms with Gasteiger partial charge in [0.15, 0.2) is 0 Å². The highest BCUT2D eigenvalue weighted by Gasteiger charge is 2.14. The van der Waals surface area contributed by atoms with Crippen molar-refractivity contribution in [2.24, 2.45) is 0 Å². The molecule has 2 amide bonds. The van der Waals surface area contributed by atoms with Gasteiger partial charge in [-0.25, -0.2) is 0 Å². The van der Waals surface area contributed by atoms with Gasteiger partial charge in [-0.2, -0.15) is 0 Å². The molecule has 0 bridgehead atoms. The van der Waals surface area contributed by atoms with Crippen LogP contribution in [0, 0.1) is 0 Å². The van der Waals surface area contributed by atoms with Crippen LogP contribution in [0.1, 0.15) is 58.3 Å². The third kappa shape index (κ3) is 8.15. The first kappa shape index (κ1) is 17.0. The van der Waals surface area contributed by atoms with Crippen LogP contribution in [0.15, 0.2) is 0 Å². The van der Waals surface area contributed by atoms with E-state index in [-0.39, 0.29) is 11.8 Å². The number of carbonyl (C=O) groups excluding carboxylic acids is 2. The zero-order valence-electron chi connectivity index (χ0n) is 12.7. The minimum atomic E-state index is 0.0449. The number of hydrogen-bond donors (Lipinski definition) is 3. The number of nitrogens with one attached hydrogen (secondary N) is 3. The van der Waals surface area contributed by atoms with Crippen LogP contribution in [-0.4, -0.2) is 37.5 Å². The molecule has 1 aliphatic carbocycles. The normalized spacial score (nSPS) is 16.4. The Morgan fingerprint density at radius 1 is 1.00 bits per heavy atom. The van der Waals surface area contributed by atoms with Crippen molar-refractivity contribution in [3.63, 3.8) is 0 Å². The topological polar surface area (TPSA) is 70.2 Å². The standard InChI is InChI=1S/C15H29N3O2/c1-2-10-17-14(19)9-11-16-12-15(20)18-13-7-5-3-4-6-8-13/h13,16H,2-12H2,1H3,(H,17,19)(H,18,20). The molecule has 3 N–H and O–H groups in total. The summed E-state index contributed by atoms with van der Waals surface area (Å²) in [6.07, 6.45) is 8.59. The molecule has 0 aromatic rings. The molecular weight excluding hydrogens is 254 g/mol. The molecule has 1 fully saturated rings. The fraction of sp³-hybridized carbons (Fsp3) is 0.867. The summed E-state index contributed by atoms with van der Waals surface area (Å²) in [6, 6.07) is 0.347. The first-order valence-corrected chi connectivity index (χ1v) is 7.99. The number of amides is 2. The van der Waals surface area contributed by atoms with Gasteiger partial charge in [0.05, 0.1) is 6.54 Å². The van der Waals surface area contributed by atoms with E-state index in [0.717, 1.165) is 25.8 Å². The van der Waals surface area contributed by atoms with Crippen LogP contribution in [0.2, 0.25) is 0 Å². The minimum Gasteiger partial charge on any atom is -0.356 e. The quantitative estimate of drug-likeness (QED) is 0.465. The molecule has 0 radical (unpaired) electrons. The van der Waals surface area contributed by atoms with Gasteiger partial charge < -0.3 is 16.0 Å². The van der Waals surface area contributed by atoms with Crippen molar-refractivity contribution in [3.05, 3.63) is 0 Å². The molecule has 0 aromatic carbocycles. The van der Waals surface area contributed by atoms with Crippen LogP contribution in [0.4, 0.5) is 0 Å². The lowest BCUT2D eigenvalue weighted by Gasteiger charge is -2.16. The first-order valence-electron chi connectivity index (χ1n) is 7.99. The first-order chi connectivity index (χ1) is 9.72. The molecule has 0 heterocycles. The molecule has 1 saturated carbocycles. The van der Waals surface area contributed by atoms with Gasteiger partial charge in [0.25, 0.3) is 0 Å². The molecule has 1 rings (SSSR count). The average Bonchev–Trinajstić information content (AvgIpc) is 2.70. The zero-order valence-corrected chi connectivity index (χ0v) is 12.7. The van der Waals surface area contributed by atoms with Gasteiger partial charge >= 0.3 is 0 Å². The predicted octanol–water partition coefficient (Wildman–Crippen LogP) is 1.33. The van der Waals surface area contributed by atoms with Crippen LogP contribution in [0.25, 0.3) is 0 Å². The monoisotopic (exact) mass is 283 g/mol. The molecule has 116 valence electrons. The smallest absolute Gasteiger partial charge is 0.234 e. The molecule has 5 nitrogen and oxygen atoms in total. The second-order valence-corrected chi connectivity index (χ2v) is 5.53. The van der Waals surface area contributed by atoms with Crippen molar-refractivity contribution in [2.45, 2.75) is 64.3 Å². The van der Waals surface area contributed by atoms with Crippen molar-refractivity contribution >= 4 is 11.8 Å². The van der Waals surface area contributed by atoms with Crippen molar-refractivity contribution in [2.75, 3.05) is 19.6 Å². The van der Waals surface area contributed by atoms with E-state index < -0.39 is 0 Å². The number of rotatable bonds is 8. The molecule has 0 aliphatic heterocycles. The lowest BCUT2D eigenvalue weighted by Crippen LogP contribution is -2.41. The Hall–Kier alpha value is -1.10. The minimum absolute atomic E-state index is 0.0449. The summed E-state index contributed by atoms with van der Waals surface area (Å²) in [5.41, 5.74) is 0. The molecule has 0 unspecified atom stereocenters. The summed E-state index contributed by atoms with van der Waals surface area (Å²) in [5, 5.41) is 8.92. The third-order valence-electron chi connectivity index (χ3n) is 3.61. The Balaban J connectivity index is 2.03. The summed E-state index contributed by atoms with van der Waals surface area (Å²) < 4.78 is 0. The number of hydrogen-bond acceptors (Lipinski definition) is 3. The predicted molar refractivity (Wildman–Crippen MR) is 80.4 cm³/mol. The largest absolute Gasteiger partial charge is 0.356 e. The summed E-state index contributed by atoms with van der Waals surface area (Å²) in [4.78, 5) is 23.1. The van der Waals surface area contributed by atoms with Crippen molar-refractivity contribution in [3.8, 4) is 0 Å². The van der Waals surface area contributed by atoms with E-state index in [9.17, 15) is 9.59 Å². The van der Waals surface area contributed by atoms with Gasteiger partial charge in [0, 0.05) is 25.6 Å². The van der Waals surface area contributed by atoms with Crippen molar-refractivity contribution < 1.29 is 9.59 Å². The van der Waals surface area contributed by atoms with E-state index in [1.54, 1.807) is 0 Å². The van der Waals surface area contributed by atoms with Crippen LogP contribution in [0.3, 0.4) is 0 Å². The molecule has 0 aromatic heterocycles. The lowest BCUT2D eigenvalue weighted by molar-refractivity contribution is -0.122. The maximum Gasteiger partial charge on any atom is 0.234 e. The number of carbonyl (C=O) groups is 2. The van der Waals surface area contributed by atoms with Gasteiger partial charge in [-0.1, -0.05) is 32.6 Å². The fourth-order valence-corrected chi connectivity index (χ4v) is 2.46. The molecule has 0 saturated heterocycles. The van der Waals surface area contributed by atoms with Crippen LogP contribution in [-0.2, 0) is 9.59 Å². The lowest BCUT2D eigenvalue weighted by atomic mass is 10.1. The Labute approximate surface area is 122 Å². The highest BCUT2D eigenvalue weighted by atomic mass is 16.2. The van der Waals surface area contributed by atoms with E-state index in [0.29, 0.717) is 25.6 Å². The average molecular weight is 283 g/mol. The van der Waals surface area contributed by atoms with E-state index in [1.807, 2.05) is 6.92 Å². The van der Waals surface area contributed by atoms with Gasteiger partial charge in [-0.3, -0.25) is 9.59 Å². The molecular formula is C15H29N3O2. The van der Waals surface area contributed by atoms with E-state index >= 15 is 0 Å². The Bertz CT molecular complexity index is 287. The van der Waals surface area contributed by atoms with Crippen molar-refractivity contribution in [1.29, 1.82) is 0 Å². The summed E-state index contributed by atoms with van der Waals surface area (Å²) in [7, 11) is 0. The Morgan fingerprint density at radius 3 is 2.35 bits per heavy atom. The van der Waals surface area contributed by atoms with Gasteiger partial charge in [0.1, 0.15) is 0 Å². The summed E-state index contributed by atoms with van der Waals surface area (Å²) in [6.45, 7) is 3.60.